The van der Waals surface area contributed by atoms with Gasteiger partial charge in [-0.3, -0.25) is 0 Å². The molecule has 6 N–H and O–H groups in total. The van der Waals surface area contributed by atoms with Gasteiger partial charge in [0.15, 0.2) is 6.29 Å². The molecule has 2 heterocycles. The topological polar surface area (TPSA) is 226 Å². The summed E-state index contributed by atoms with van der Waals surface area (Å²) in [5, 5.41) is 62.3. The molecule has 36 heavy (non-hydrogen) atoms. The van der Waals surface area contributed by atoms with Crippen molar-refractivity contribution in [2.45, 2.75) is 60.0 Å². The molecule has 0 bridgehead atoms. The normalized spacial score (nSPS) is 34.9. The molecular weight excluding hydrogens is 506 g/mol. The van der Waals surface area contributed by atoms with Gasteiger partial charge in [0.1, 0.15) is 36.0 Å². The van der Waals surface area contributed by atoms with E-state index in [1.807, 2.05) is 0 Å². The number of ether oxygens (including phenoxy) is 6. The molecule has 2 rings (SSSR count). The summed E-state index contributed by atoms with van der Waals surface area (Å²) in [6, 6.07) is 0. The Morgan fingerprint density at radius 3 is 2.03 bits per heavy atom. The molecule has 0 aromatic rings. The number of rotatable bonds is 17. The molecule has 9 atom stereocenters. The smallest absolute Gasteiger partial charge is 0.170 e. The standard InChI is InChI=1S/C20H37N3O12S/c21-23-22-1-2-30-3-4-31-5-6-32-7-8-33-19-15(9-12(26)13(10-24)34-19)36-20-18(29)17(28)16(27)14(11-25)35-20/h12-20,24-29H,1-11H2/t12-,13+,14+,15-,16+,17-,18-,19-,20+/m0/s1. The van der Waals surface area contributed by atoms with E-state index in [2.05, 4.69) is 10.0 Å². The van der Waals surface area contributed by atoms with Crippen LogP contribution < -0.4 is 0 Å². The van der Waals surface area contributed by atoms with Gasteiger partial charge in [-0.15, -0.1) is 11.8 Å². The van der Waals surface area contributed by atoms with Gasteiger partial charge in [-0.2, -0.15) is 0 Å². The average Bonchev–Trinajstić information content (AvgIpc) is 2.88. The van der Waals surface area contributed by atoms with E-state index >= 15 is 0 Å². The van der Waals surface area contributed by atoms with E-state index in [0.717, 1.165) is 11.8 Å². The van der Waals surface area contributed by atoms with Gasteiger partial charge in [-0.1, -0.05) is 5.11 Å². The first-order valence-electron chi connectivity index (χ1n) is 11.7. The predicted molar refractivity (Wildman–Crippen MR) is 124 cm³/mol. The van der Waals surface area contributed by atoms with Crippen molar-refractivity contribution < 1.29 is 59.1 Å². The summed E-state index contributed by atoms with van der Waals surface area (Å²) >= 11 is 1.04. The maximum absolute atomic E-state index is 10.3. The molecule has 2 saturated heterocycles. The van der Waals surface area contributed by atoms with E-state index in [1.165, 1.54) is 0 Å². The Balaban J connectivity index is 1.72. The predicted octanol–water partition coefficient (Wildman–Crippen LogP) is -2.27. The second-order valence-corrected chi connectivity index (χ2v) is 9.41. The maximum Gasteiger partial charge on any atom is 0.170 e. The van der Waals surface area contributed by atoms with Crippen LogP contribution in [0.5, 0.6) is 0 Å². The van der Waals surface area contributed by atoms with E-state index in [-0.39, 0.29) is 26.2 Å². The van der Waals surface area contributed by atoms with E-state index in [1.54, 1.807) is 0 Å². The van der Waals surface area contributed by atoms with Crippen LogP contribution in [0.1, 0.15) is 6.42 Å². The van der Waals surface area contributed by atoms with Gasteiger partial charge in [0.2, 0.25) is 0 Å². The molecule has 2 fully saturated rings. The van der Waals surface area contributed by atoms with Gasteiger partial charge >= 0.3 is 0 Å². The lowest BCUT2D eigenvalue weighted by atomic mass is 10.0. The highest BCUT2D eigenvalue weighted by molar-refractivity contribution is 8.00. The van der Waals surface area contributed by atoms with E-state index < -0.39 is 66.8 Å². The van der Waals surface area contributed by atoms with Gasteiger partial charge in [0.25, 0.3) is 0 Å². The minimum atomic E-state index is -1.52. The van der Waals surface area contributed by atoms with Crippen LogP contribution in [-0.4, -0.2) is 150 Å². The first-order valence-corrected chi connectivity index (χ1v) is 12.6. The molecule has 0 aromatic heterocycles. The van der Waals surface area contributed by atoms with Crippen molar-refractivity contribution in [3.63, 3.8) is 0 Å². The molecule has 0 saturated carbocycles. The molecule has 0 radical (unpaired) electrons. The summed E-state index contributed by atoms with van der Waals surface area (Å²) in [4.78, 5) is 2.62. The zero-order valence-electron chi connectivity index (χ0n) is 19.9. The average molecular weight is 544 g/mol. The third-order valence-corrected chi connectivity index (χ3v) is 6.93. The Hall–Kier alpha value is -0.820. The molecule has 0 unspecified atom stereocenters. The zero-order chi connectivity index (χ0) is 26.3. The first kappa shape index (κ1) is 31.4. The Bertz CT molecular complexity index is 647. The third-order valence-electron chi connectivity index (χ3n) is 5.51. The SMILES string of the molecule is [N-]=[N+]=NCCOCCOCCOCCO[C@H]1O[C@H](CO)[C@@H](O)C[C@@H]1S[C@H]1O[C@H](CO)[C@@H](O)[C@H](O)[C@@H]1O. The lowest BCUT2D eigenvalue weighted by molar-refractivity contribution is -0.230. The fourth-order valence-corrected chi connectivity index (χ4v) is 5.00. The quantitative estimate of drug-likeness (QED) is 0.0493. The number of thioether (sulfide) groups is 1. The van der Waals surface area contributed by atoms with Crippen molar-refractivity contribution in [1.29, 1.82) is 0 Å². The summed E-state index contributed by atoms with van der Waals surface area (Å²) in [7, 11) is 0. The van der Waals surface area contributed by atoms with Crippen molar-refractivity contribution in [3.8, 4) is 0 Å². The molecule has 210 valence electrons. The summed E-state index contributed by atoms with van der Waals surface area (Å²) in [5.41, 5.74) is 7.13. The second-order valence-electron chi connectivity index (χ2n) is 8.06. The number of hydrogen-bond acceptors (Lipinski definition) is 14. The number of nitrogens with zero attached hydrogens (tertiary/aromatic N) is 3. The molecule has 0 spiro atoms. The van der Waals surface area contributed by atoms with Crippen LogP contribution in [0.2, 0.25) is 0 Å². The van der Waals surface area contributed by atoms with E-state index in [9.17, 15) is 30.6 Å². The number of hydrogen-bond donors (Lipinski definition) is 6. The number of azide groups is 1. The summed E-state index contributed by atoms with van der Waals surface area (Å²) in [5.74, 6) is 0. The van der Waals surface area contributed by atoms with Crippen LogP contribution in [-0.2, 0) is 28.4 Å². The molecule has 0 amide bonds. The minimum absolute atomic E-state index is 0.132. The van der Waals surface area contributed by atoms with Gasteiger partial charge in [0, 0.05) is 11.5 Å². The summed E-state index contributed by atoms with van der Waals surface area (Å²) in [6.45, 7) is 1.37. The van der Waals surface area contributed by atoms with E-state index in [4.69, 9.17) is 34.0 Å². The van der Waals surface area contributed by atoms with Gasteiger partial charge < -0.3 is 59.1 Å². The van der Waals surface area contributed by atoms with Crippen LogP contribution in [0.3, 0.4) is 0 Å². The lowest BCUT2D eigenvalue weighted by Gasteiger charge is -2.43. The molecule has 0 aromatic carbocycles. The molecule has 16 heteroatoms. The second kappa shape index (κ2) is 17.6. The molecule has 2 aliphatic rings. The van der Waals surface area contributed by atoms with Crippen molar-refractivity contribution in [2.75, 3.05) is 66.0 Å². The van der Waals surface area contributed by atoms with Crippen LogP contribution in [0.4, 0.5) is 0 Å². The van der Waals surface area contributed by atoms with Crippen molar-refractivity contribution in [2.24, 2.45) is 5.11 Å². The fraction of sp³-hybridized carbons (Fsp3) is 1.00. The van der Waals surface area contributed by atoms with Gasteiger partial charge in [-0.25, -0.2) is 0 Å². The monoisotopic (exact) mass is 543 g/mol. The van der Waals surface area contributed by atoms with Crippen molar-refractivity contribution in [3.05, 3.63) is 10.4 Å². The van der Waals surface area contributed by atoms with Gasteiger partial charge in [0.05, 0.1) is 70.8 Å². The highest BCUT2D eigenvalue weighted by atomic mass is 32.2. The Kier molecular flexibility index (Phi) is 15.4. The fourth-order valence-electron chi connectivity index (χ4n) is 3.55. The molecule has 15 nitrogen and oxygen atoms in total. The summed E-state index contributed by atoms with van der Waals surface area (Å²) < 4.78 is 33.0. The van der Waals surface area contributed by atoms with Crippen molar-refractivity contribution >= 4 is 11.8 Å². The third kappa shape index (κ3) is 10.2. The Labute approximate surface area is 212 Å². The van der Waals surface area contributed by atoms with Crippen LogP contribution in [0.25, 0.3) is 10.4 Å². The Morgan fingerprint density at radius 2 is 1.42 bits per heavy atom. The number of aliphatic hydroxyl groups is 6. The molecule has 2 aliphatic heterocycles. The van der Waals surface area contributed by atoms with E-state index in [0.29, 0.717) is 33.0 Å². The largest absolute Gasteiger partial charge is 0.394 e. The highest BCUT2D eigenvalue weighted by Crippen LogP contribution is 2.37. The maximum atomic E-state index is 10.3. The van der Waals surface area contributed by atoms with Gasteiger partial charge in [-0.05, 0) is 12.0 Å². The molecular formula is C20H37N3O12S. The van der Waals surface area contributed by atoms with Crippen LogP contribution in [0, 0.1) is 0 Å². The highest BCUT2D eigenvalue weighted by Gasteiger charge is 2.47. The summed E-state index contributed by atoms with van der Waals surface area (Å²) in [6.07, 6.45) is -8.08. The first-order chi connectivity index (χ1) is 17.4. The van der Waals surface area contributed by atoms with Crippen LogP contribution >= 0.6 is 11.8 Å². The molecule has 0 aliphatic carbocycles. The van der Waals surface area contributed by atoms with Crippen LogP contribution in [0.15, 0.2) is 5.11 Å². The Morgan fingerprint density at radius 1 is 0.806 bits per heavy atom. The zero-order valence-corrected chi connectivity index (χ0v) is 20.7. The number of aliphatic hydroxyl groups excluding tert-OH is 6. The minimum Gasteiger partial charge on any atom is -0.394 e. The van der Waals surface area contributed by atoms with Crippen molar-refractivity contribution in [1.82, 2.24) is 0 Å². The lowest BCUT2D eigenvalue weighted by Crippen LogP contribution is -2.58.